The number of ether oxygens (including phenoxy) is 5. The zero-order chi connectivity index (χ0) is 23.9. The summed E-state index contributed by atoms with van der Waals surface area (Å²) in [5, 5.41) is 89.4. The van der Waals surface area contributed by atoms with Gasteiger partial charge in [0.1, 0.15) is 61.0 Å². The predicted molar refractivity (Wildman–Crippen MR) is 98.4 cm³/mol. The van der Waals surface area contributed by atoms with Crippen molar-refractivity contribution in [3.8, 4) is 0 Å². The molecule has 0 aliphatic carbocycles. The first-order valence-electron chi connectivity index (χ1n) is 10.3. The Bertz CT molecular complexity index is 608. The Morgan fingerprint density at radius 2 is 1.12 bits per heavy atom. The van der Waals surface area contributed by atoms with Crippen LogP contribution in [0.2, 0.25) is 0 Å². The van der Waals surface area contributed by atoms with Crippen LogP contribution in [0.4, 0.5) is 0 Å². The van der Waals surface area contributed by atoms with Crippen LogP contribution in [0, 0.1) is 0 Å². The number of hydrogen-bond donors (Lipinski definition) is 9. The lowest BCUT2D eigenvalue weighted by atomic mass is 9.97. The van der Waals surface area contributed by atoms with Crippen molar-refractivity contribution in [1.29, 1.82) is 0 Å². The highest BCUT2D eigenvalue weighted by atomic mass is 16.7. The summed E-state index contributed by atoms with van der Waals surface area (Å²) in [6, 6.07) is 0. The molecule has 0 aromatic carbocycles. The Balaban J connectivity index is 1.58. The zero-order valence-corrected chi connectivity index (χ0v) is 17.4. The van der Waals surface area contributed by atoms with Crippen LogP contribution in [0.15, 0.2) is 0 Å². The van der Waals surface area contributed by atoms with E-state index >= 15 is 0 Å². The van der Waals surface area contributed by atoms with Gasteiger partial charge in [-0.05, 0) is 13.8 Å². The molecule has 14 heteroatoms. The van der Waals surface area contributed by atoms with Crippen molar-refractivity contribution in [1.82, 2.24) is 0 Å². The van der Waals surface area contributed by atoms with E-state index in [1.54, 1.807) is 0 Å². The Kier molecular flexibility index (Phi) is 8.44. The minimum absolute atomic E-state index is 0.471. The first-order valence-corrected chi connectivity index (χ1v) is 10.3. The highest BCUT2D eigenvalue weighted by Gasteiger charge is 2.50. The fourth-order valence-electron chi connectivity index (χ4n) is 3.87. The second-order valence-corrected chi connectivity index (χ2v) is 8.34. The third-order valence-electron chi connectivity index (χ3n) is 5.99. The largest absolute Gasteiger partial charge is 0.388 e. The van der Waals surface area contributed by atoms with E-state index < -0.39 is 98.7 Å². The normalized spacial score (nSPS) is 55.0. The van der Waals surface area contributed by atoms with Crippen LogP contribution >= 0.6 is 0 Å². The van der Waals surface area contributed by atoms with E-state index in [1.807, 2.05) is 0 Å². The van der Waals surface area contributed by atoms with Gasteiger partial charge in [-0.2, -0.15) is 0 Å². The summed E-state index contributed by atoms with van der Waals surface area (Å²) in [6.07, 6.45) is -21.6. The van der Waals surface area contributed by atoms with Crippen LogP contribution in [-0.4, -0.2) is 145 Å². The maximum atomic E-state index is 10.5. The molecule has 0 aromatic rings. The topological polar surface area (TPSA) is 228 Å². The molecule has 0 radical (unpaired) electrons. The molecule has 1 unspecified atom stereocenters. The third kappa shape index (κ3) is 5.08. The molecule has 15 atom stereocenters. The van der Waals surface area contributed by atoms with E-state index in [-0.39, 0.29) is 0 Å². The fraction of sp³-hybridized carbons (Fsp3) is 1.00. The molecule has 0 aromatic heterocycles. The van der Waals surface area contributed by atoms with Gasteiger partial charge in [0, 0.05) is 0 Å². The number of rotatable bonds is 5. The third-order valence-corrected chi connectivity index (χ3v) is 5.99. The first kappa shape index (κ1) is 26.1. The summed E-state index contributed by atoms with van der Waals surface area (Å²) in [7, 11) is 0. The molecule has 0 amide bonds. The van der Waals surface area contributed by atoms with Crippen molar-refractivity contribution in [3.63, 3.8) is 0 Å². The standard InChI is InChI=1S/C18H32O14/c1-4-7(19)9(21)13(25)18(29-4)32-15-5(2)30-17(14(26)11(15)23)28-3-6-8(20)10(22)12(24)16(27)31-6/h4-27H,3H2,1-2H3/t4-,5-,6+,7-,8+,9+,10-,11-,12+,13+,14+,15-,16?,17+,18-/m0/s1. The average molecular weight is 472 g/mol. The summed E-state index contributed by atoms with van der Waals surface area (Å²) >= 11 is 0. The number of aliphatic hydroxyl groups excluding tert-OH is 9. The molecule has 3 aliphatic rings. The molecule has 3 heterocycles. The average Bonchev–Trinajstić information content (AvgIpc) is 2.76. The zero-order valence-electron chi connectivity index (χ0n) is 17.4. The van der Waals surface area contributed by atoms with Gasteiger partial charge in [0.15, 0.2) is 18.9 Å². The van der Waals surface area contributed by atoms with E-state index in [1.165, 1.54) is 13.8 Å². The van der Waals surface area contributed by atoms with Gasteiger partial charge in [-0.1, -0.05) is 0 Å². The van der Waals surface area contributed by atoms with Gasteiger partial charge in [0.25, 0.3) is 0 Å². The quantitative estimate of drug-likeness (QED) is 0.182. The summed E-state index contributed by atoms with van der Waals surface area (Å²) in [5.74, 6) is 0. The van der Waals surface area contributed by atoms with Crippen LogP contribution < -0.4 is 0 Å². The van der Waals surface area contributed by atoms with Gasteiger partial charge in [-0.25, -0.2) is 0 Å². The van der Waals surface area contributed by atoms with Crippen molar-refractivity contribution in [2.75, 3.05) is 6.61 Å². The Morgan fingerprint density at radius 1 is 0.562 bits per heavy atom. The molecular formula is C18H32O14. The number of aliphatic hydroxyl groups is 9. The Morgan fingerprint density at radius 3 is 1.78 bits per heavy atom. The second-order valence-electron chi connectivity index (χ2n) is 8.34. The molecule has 9 N–H and O–H groups in total. The van der Waals surface area contributed by atoms with Crippen LogP contribution in [0.3, 0.4) is 0 Å². The van der Waals surface area contributed by atoms with Gasteiger partial charge in [0.05, 0.1) is 18.8 Å². The first-order chi connectivity index (χ1) is 14.9. The van der Waals surface area contributed by atoms with Crippen LogP contribution in [0.25, 0.3) is 0 Å². The van der Waals surface area contributed by atoms with Crippen molar-refractivity contribution >= 4 is 0 Å². The SMILES string of the molecule is C[C@@H]1O[C@@H](O[C@@H]2[C@@H](O)[C@@H](O)[C@H](OC[C@H]3OC(O)[C@H](O)[C@@H](O)[C@@H]3O)O[C@H]2C)[C@H](O)[C@H](O)[C@H]1O. The molecule has 0 bridgehead atoms. The van der Waals surface area contributed by atoms with Gasteiger partial charge < -0.3 is 69.6 Å². The monoisotopic (exact) mass is 472 g/mol. The van der Waals surface area contributed by atoms with Gasteiger partial charge >= 0.3 is 0 Å². The summed E-state index contributed by atoms with van der Waals surface area (Å²) in [6.45, 7) is 2.47. The van der Waals surface area contributed by atoms with Crippen molar-refractivity contribution in [3.05, 3.63) is 0 Å². The van der Waals surface area contributed by atoms with E-state index in [9.17, 15) is 46.0 Å². The van der Waals surface area contributed by atoms with E-state index in [0.717, 1.165) is 0 Å². The lowest BCUT2D eigenvalue weighted by Gasteiger charge is -2.45. The molecule has 3 aliphatic heterocycles. The minimum Gasteiger partial charge on any atom is -0.388 e. The van der Waals surface area contributed by atoms with Crippen molar-refractivity contribution < 1.29 is 69.6 Å². The van der Waals surface area contributed by atoms with Crippen molar-refractivity contribution in [2.24, 2.45) is 0 Å². The van der Waals surface area contributed by atoms with Gasteiger partial charge in [-0.3, -0.25) is 0 Å². The highest BCUT2D eigenvalue weighted by Crippen LogP contribution is 2.30. The maximum absolute atomic E-state index is 10.5. The van der Waals surface area contributed by atoms with Crippen LogP contribution in [0.1, 0.15) is 13.8 Å². The van der Waals surface area contributed by atoms with Crippen LogP contribution in [-0.2, 0) is 23.7 Å². The molecule has 0 spiro atoms. The molecule has 3 rings (SSSR count). The maximum Gasteiger partial charge on any atom is 0.187 e. The molecule has 188 valence electrons. The molecule has 0 saturated carbocycles. The predicted octanol–water partition coefficient (Wildman–Crippen LogP) is -5.52. The highest BCUT2D eigenvalue weighted by molar-refractivity contribution is 4.93. The summed E-state index contributed by atoms with van der Waals surface area (Å²) in [4.78, 5) is 0. The minimum atomic E-state index is -1.76. The lowest BCUT2D eigenvalue weighted by molar-refractivity contribution is -0.357. The Labute approximate surface area is 183 Å². The molecule has 3 saturated heterocycles. The van der Waals surface area contributed by atoms with E-state index in [2.05, 4.69) is 0 Å². The van der Waals surface area contributed by atoms with Crippen molar-refractivity contribution in [2.45, 2.75) is 106 Å². The molecular weight excluding hydrogens is 440 g/mol. The van der Waals surface area contributed by atoms with E-state index in [4.69, 9.17) is 23.7 Å². The summed E-state index contributed by atoms with van der Waals surface area (Å²) < 4.78 is 26.7. The molecule has 14 nitrogen and oxygen atoms in total. The van der Waals surface area contributed by atoms with Gasteiger partial charge in [0.2, 0.25) is 0 Å². The lowest BCUT2D eigenvalue weighted by Crippen LogP contribution is -2.63. The smallest absolute Gasteiger partial charge is 0.187 e. The number of hydrogen-bond acceptors (Lipinski definition) is 14. The molecule has 32 heavy (non-hydrogen) atoms. The second kappa shape index (κ2) is 10.4. The van der Waals surface area contributed by atoms with Crippen LogP contribution in [0.5, 0.6) is 0 Å². The fourth-order valence-corrected chi connectivity index (χ4v) is 3.87. The molecule has 3 fully saturated rings. The summed E-state index contributed by atoms with van der Waals surface area (Å²) in [5.41, 5.74) is 0. The van der Waals surface area contributed by atoms with Gasteiger partial charge in [-0.15, -0.1) is 0 Å². The Hall–Kier alpha value is -0.560. The van der Waals surface area contributed by atoms with E-state index in [0.29, 0.717) is 0 Å².